The van der Waals surface area contributed by atoms with Gasteiger partial charge in [-0.05, 0) is 79.7 Å². The van der Waals surface area contributed by atoms with Crippen LogP contribution in [0.1, 0.15) is 53.6 Å². The molecule has 1 aromatic heterocycles. The van der Waals surface area contributed by atoms with Gasteiger partial charge in [-0.25, -0.2) is 4.79 Å². The Labute approximate surface area is 191 Å². The average molecular weight is 485 g/mol. The molecule has 2 heterocycles. The minimum Gasteiger partial charge on any atom is -0.496 e. The molecule has 1 aliphatic rings. The van der Waals surface area contributed by atoms with E-state index in [0.29, 0.717) is 11.7 Å². The van der Waals surface area contributed by atoms with Crippen LogP contribution in [0.3, 0.4) is 0 Å². The third-order valence-corrected chi connectivity index (χ3v) is 6.76. The summed E-state index contributed by atoms with van der Waals surface area (Å²) in [6.45, 7) is 6.04. The maximum absolute atomic E-state index is 11.5. The van der Waals surface area contributed by atoms with Gasteiger partial charge in [0.15, 0.2) is 0 Å². The van der Waals surface area contributed by atoms with Crippen LogP contribution in [-0.4, -0.2) is 40.7 Å². The number of aromatic nitrogens is 1. The molecule has 0 saturated carbocycles. The summed E-state index contributed by atoms with van der Waals surface area (Å²) in [7, 11) is 1.50. The number of aryl methyl sites for hydroxylation is 1. The van der Waals surface area contributed by atoms with Crippen LogP contribution in [0, 0.1) is 0 Å². The number of carbonyl (C=O) groups is 1. The number of carboxylic acids is 1. The number of benzene rings is 2. The van der Waals surface area contributed by atoms with Gasteiger partial charge >= 0.3 is 5.97 Å². The Kier molecular flexibility index (Phi) is 6.68. The number of piperidine rings is 1. The molecule has 3 aromatic rings. The molecule has 0 unspecified atom stereocenters. The summed E-state index contributed by atoms with van der Waals surface area (Å²) in [4.78, 5) is 13.9. The zero-order valence-corrected chi connectivity index (χ0v) is 19.7. The molecule has 31 heavy (non-hydrogen) atoms. The van der Waals surface area contributed by atoms with E-state index in [1.165, 1.54) is 23.6 Å². The summed E-state index contributed by atoms with van der Waals surface area (Å²) in [6, 6.07) is 12.1. The van der Waals surface area contributed by atoms with Gasteiger partial charge in [-0.15, -0.1) is 0 Å². The van der Waals surface area contributed by atoms with E-state index in [0.717, 1.165) is 55.5 Å². The van der Waals surface area contributed by atoms with Gasteiger partial charge in [0.2, 0.25) is 0 Å². The first-order valence-corrected chi connectivity index (χ1v) is 11.7. The van der Waals surface area contributed by atoms with Crippen molar-refractivity contribution in [2.45, 2.75) is 45.2 Å². The Hall–Kier alpha value is -2.31. The second-order valence-electron chi connectivity index (χ2n) is 8.33. The highest BCUT2D eigenvalue weighted by Gasteiger charge is 2.24. The van der Waals surface area contributed by atoms with Crippen LogP contribution in [0.5, 0.6) is 5.75 Å². The molecule has 0 bridgehead atoms. The van der Waals surface area contributed by atoms with Crippen LogP contribution in [0.2, 0.25) is 0 Å². The summed E-state index contributed by atoms with van der Waals surface area (Å²) >= 11 is 3.64. The van der Waals surface area contributed by atoms with Crippen molar-refractivity contribution in [3.63, 3.8) is 0 Å². The summed E-state index contributed by atoms with van der Waals surface area (Å²) in [5.41, 5.74) is 4.02. The molecule has 1 aliphatic heterocycles. The first-order valence-electron chi connectivity index (χ1n) is 10.9. The fourth-order valence-electron chi connectivity index (χ4n) is 4.73. The fourth-order valence-corrected chi connectivity index (χ4v) is 5.09. The van der Waals surface area contributed by atoms with Gasteiger partial charge in [0, 0.05) is 34.7 Å². The molecule has 4 rings (SSSR count). The van der Waals surface area contributed by atoms with E-state index in [4.69, 9.17) is 4.74 Å². The molecule has 1 fully saturated rings. The molecular weight excluding hydrogens is 456 g/mol. The molecule has 1 N–H and O–H groups in total. The summed E-state index contributed by atoms with van der Waals surface area (Å²) in [5.74, 6) is 0.00762. The van der Waals surface area contributed by atoms with E-state index >= 15 is 0 Å². The number of likely N-dealkylation sites (tertiary alicyclic amines) is 1. The Morgan fingerprint density at radius 2 is 1.97 bits per heavy atom. The Balaban J connectivity index is 1.48. The van der Waals surface area contributed by atoms with Crippen LogP contribution in [0.25, 0.3) is 10.9 Å². The van der Waals surface area contributed by atoms with Gasteiger partial charge in [-0.2, -0.15) is 0 Å². The molecule has 0 radical (unpaired) electrons. The summed E-state index contributed by atoms with van der Waals surface area (Å²) in [5, 5.41) is 10.8. The van der Waals surface area contributed by atoms with Gasteiger partial charge in [0.1, 0.15) is 11.3 Å². The normalized spacial score (nSPS) is 15.5. The largest absolute Gasteiger partial charge is 0.496 e. The number of aromatic carboxylic acids is 1. The third-order valence-electron chi connectivity index (χ3n) is 6.27. The molecule has 0 aliphatic carbocycles. The van der Waals surface area contributed by atoms with Crippen LogP contribution in [-0.2, 0) is 13.1 Å². The molecule has 164 valence electrons. The number of nitrogens with zero attached hydrogens (tertiary/aromatic N) is 2. The molecule has 0 atom stereocenters. The van der Waals surface area contributed by atoms with E-state index in [1.807, 2.05) is 6.07 Å². The highest BCUT2D eigenvalue weighted by atomic mass is 79.9. The van der Waals surface area contributed by atoms with E-state index in [2.05, 4.69) is 56.7 Å². The quantitative estimate of drug-likeness (QED) is 0.453. The highest BCUT2D eigenvalue weighted by Crippen LogP contribution is 2.36. The summed E-state index contributed by atoms with van der Waals surface area (Å²) in [6.07, 6.45) is 5.71. The minimum absolute atomic E-state index is 0.226. The second-order valence-corrected chi connectivity index (χ2v) is 9.25. The van der Waals surface area contributed by atoms with Crippen molar-refractivity contribution in [3.05, 3.63) is 63.8 Å². The number of hydrogen-bond acceptors (Lipinski definition) is 3. The zero-order chi connectivity index (χ0) is 22.0. The Bertz CT molecular complexity index is 1080. The molecular formula is C25H29BrN2O3. The second kappa shape index (κ2) is 9.45. The number of hydrogen-bond donors (Lipinski definition) is 1. The number of carboxylic acid groups (broad SMARTS) is 1. The van der Waals surface area contributed by atoms with E-state index in [9.17, 15) is 9.90 Å². The maximum atomic E-state index is 11.5. The lowest BCUT2D eigenvalue weighted by Crippen LogP contribution is -2.32. The molecule has 1 saturated heterocycles. The first-order chi connectivity index (χ1) is 15.0. The zero-order valence-electron chi connectivity index (χ0n) is 18.1. The van der Waals surface area contributed by atoms with Crippen LogP contribution in [0.4, 0.5) is 0 Å². The third kappa shape index (κ3) is 4.65. The van der Waals surface area contributed by atoms with Gasteiger partial charge < -0.3 is 14.4 Å². The Morgan fingerprint density at radius 3 is 2.65 bits per heavy atom. The predicted octanol–water partition coefficient (Wildman–Crippen LogP) is 5.90. The van der Waals surface area contributed by atoms with Gasteiger partial charge in [0.25, 0.3) is 0 Å². The van der Waals surface area contributed by atoms with Crippen molar-refractivity contribution in [2.75, 3.05) is 20.2 Å². The standard InChI is InChI=1S/C25H29BrN2O3/c1-3-10-28-16-22(20-14-19(26)5-6-23(20)28)18-8-11-27(12-9-18)15-17-4-7-24(31-2)21(13-17)25(29)30/h4-7,13-14,16,18H,3,8-12,15H2,1-2H3,(H,29,30). The molecule has 0 spiro atoms. The molecule has 0 amide bonds. The lowest BCUT2D eigenvalue weighted by atomic mass is 9.89. The number of methoxy groups -OCH3 is 1. The monoisotopic (exact) mass is 484 g/mol. The van der Waals surface area contributed by atoms with E-state index in [-0.39, 0.29) is 5.56 Å². The predicted molar refractivity (Wildman–Crippen MR) is 127 cm³/mol. The summed E-state index contributed by atoms with van der Waals surface area (Å²) < 4.78 is 8.70. The van der Waals surface area contributed by atoms with Crippen molar-refractivity contribution in [1.82, 2.24) is 9.47 Å². The van der Waals surface area contributed by atoms with Crippen LogP contribution in [0.15, 0.2) is 47.1 Å². The fraction of sp³-hybridized carbons (Fsp3) is 0.400. The van der Waals surface area contributed by atoms with Crippen LogP contribution >= 0.6 is 15.9 Å². The number of rotatable bonds is 7. The SMILES string of the molecule is CCCn1cc(C2CCN(Cc3ccc(OC)c(C(=O)O)c3)CC2)c2cc(Br)ccc21. The van der Waals surface area contributed by atoms with E-state index in [1.54, 1.807) is 12.1 Å². The number of ether oxygens (including phenoxy) is 1. The number of halogens is 1. The topological polar surface area (TPSA) is 54.7 Å². The highest BCUT2D eigenvalue weighted by molar-refractivity contribution is 9.10. The maximum Gasteiger partial charge on any atom is 0.339 e. The average Bonchev–Trinajstić information content (AvgIpc) is 3.12. The first kappa shape index (κ1) is 21.9. The van der Waals surface area contributed by atoms with Crippen molar-refractivity contribution >= 4 is 32.8 Å². The van der Waals surface area contributed by atoms with Crippen molar-refractivity contribution in [2.24, 2.45) is 0 Å². The van der Waals surface area contributed by atoms with Crippen molar-refractivity contribution in [1.29, 1.82) is 0 Å². The lowest BCUT2D eigenvalue weighted by Gasteiger charge is -2.32. The molecule has 5 nitrogen and oxygen atoms in total. The Morgan fingerprint density at radius 1 is 1.19 bits per heavy atom. The molecule has 6 heteroatoms. The number of fused-ring (bicyclic) bond motifs is 1. The van der Waals surface area contributed by atoms with Crippen molar-refractivity contribution in [3.8, 4) is 5.75 Å². The van der Waals surface area contributed by atoms with E-state index < -0.39 is 5.97 Å². The van der Waals surface area contributed by atoms with Crippen LogP contribution < -0.4 is 4.74 Å². The minimum atomic E-state index is -0.952. The van der Waals surface area contributed by atoms with Gasteiger partial charge in [-0.1, -0.05) is 28.9 Å². The molecule has 2 aromatic carbocycles. The lowest BCUT2D eigenvalue weighted by molar-refractivity contribution is 0.0693. The van der Waals surface area contributed by atoms with Crippen molar-refractivity contribution < 1.29 is 14.6 Å². The van der Waals surface area contributed by atoms with Gasteiger partial charge in [-0.3, -0.25) is 4.90 Å². The smallest absolute Gasteiger partial charge is 0.339 e. The van der Waals surface area contributed by atoms with Gasteiger partial charge in [0.05, 0.1) is 7.11 Å².